The van der Waals surface area contributed by atoms with Gasteiger partial charge in [0.25, 0.3) is 0 Å². The number of aromatic nitrogens is 2. The summed E-state index contributed by atoms with van der Waals surface area (Å²) >= 11 is 0. The first-order chi connectivity index (χ1) is 11.6. The summed E-state index contributed by atoms with van der Waals surface area (Å²) < 4.78 is 2.09. The summed E-state index contributed by atoms with van der Waals surface area (Å²) in [6.07, 6.45) is 0.334. The number of hydrogen-bond acceptors (Lipinski definition) is 3. The second kappa shape index (κ2) is 7.27. The van der Waals surface area contributed by atoms with Crippen molar-refractivity contribution in [2.45, 2.75) is 25.9 Å². The van der Waals surface area contributed by atoms with Gasteiger partial charge in [0, 0.05) is 25.1 Å². The number of aliphatic hydroxyl groups excluding tert-OH is 1. The molecule has 0 aliphatic carbocycles. The molecule has 0 fully saturated rings. The number of fused-ring (bicyclic) bond motifs is 1. The zero-order chi connectivity index (χ0) is 16.9. The van der Waals surface area contributed by atoms with E-state index in [1.807, 2.05) is 54.6 Å². The van der Waals surface area contributed by atoms with E-state index in [0.29, 0.717) is 12.8 Å². The standard InChI is InChI=1S/C19H21N3O2/c1-14(23)13-20-19(24)12-11-18-21-16-9-5-6-10-17(16)22(18)15-7-3-2-4-8-15/h2-10,14,23H,11-13H2,1H3,(H,20,24). The number of amides is 1. The zero-order valence-electron chi connectivity index (χ0n) is 13.6. The highest BCUT2D eigenvalue weighted by molar-refractivity contribution is 5.79. The third kappa shape index (κ3) is 3.63. The van der Waals surface area contributed by atoms with E-state index in [1.165, 1.54) is 0 Å². The molecular weight excluding hydrogens is 302 g/mol. The highest BCUT2D eigenvalue weighted by Crippen LogP contribution is 2.22. The Hall–Kier alpha value is -2.66. The summed E-state index contributed by atoms with van der Waals surface area (Å²) in [5, 5.41) is 12.0. The van der Waals surface area contributed by atoms with E-state index in [-0.39, 0.29) is 12.5 Å². The number of aryl methyl sites for hydroxylation is 1. The number of rotatable bonds is 6. The van der Waals surface area contributed by atoms with Gasteiger partial charge in [-0.2, -0.15) is 0 Å². The van der Waals surface area contributed by atoms with Gasteiger partial charge in [0.1, 0.15) is 5.82 Å². The molecular formula is C19H21N3O2. The SMILES string of the molecule is CC(O)CNC(=O)CCc1nc2ccccc2n1-c1ccccc1. The molecule has 0 spiro atoms. The van der Waals surface area contributed by atoms with Gasteiger partial charge in [-0.1, -0.05) is 30.3 Å². The molecule has 2 N–H and O–H groups in total. The minimum Gasteiger partial charge on any atom is -0.392 e. The predicted octanol–water partition coefficient (Wildman–Crippen LogP) is 2.46. The third-order valence-electron chi connectivity index (χ3n) is 3.81. The smallest absolute Gasteiger partial charge is 0.220 e. The summed E-state index contributed by atoms with van der Waals surface area (Å²) in [4.78, 5) is 16.6. The largest absolute Gasteiger partial charge is 0.392 e. The topological polar surface area (TPSA) is 67.2 Å². The van der Waals surface area contributed by atoms with Crippen molar-refractivity contribution in [1.82, 2.24) is 14.9 Å². The van der Waals surface area contributed by atoms with Gasteiger partial charge in [-0.05, 0) is 31.2 Å². The fraction of sp³-hybridized carbons (Fsp3) is 0.263. The first kappa shape index (κ1) is 16.2. The number of nitrogens with one attached hydrogen (secondary N) is 1. The molecule has 1 unspecified atom stereocenters. The van der Waals surface area contributed by atoms with Gasteiger partial charge >= 0.3 is 0 Å². The second-order valence-electron chi connectivity index (χ2n) is 5.84. The quantitative estimate of drug-likeness (QED) is 0.732. The Morgan fingerprint density at radius 2 is 1.88 bits per heavy atom. The predicted molar refractivity (Wildman–Crippen MR) is 94.1 cm³/mol. The average Bonchev–Trinajstić information content (AvgIpc) is 2.97. The Kier molecular flexibility index (Phi) is 4.91. The number of nitrogens with zero attached hydrogens (tertiary/aromatic N) is 2. The first-order valence-electron chi connectivity index (χ1n) is 8.11. The molecule has 0 saturated heterocycles. The molecule has 0 bridgehead atoms. The average molecular weight is 323 g/mol. The molecule has 0 aliphatic heterocycles. The van der Waals surface area contributed by atoms with Crippen LogP contribution in [0.2, 0.25) is 0 Å². The lowest BCUT2D eigenvalue weighted by molar-refractivity contribution is -0.121. The maximum absolute atomic E-state index is 11.9. The van der Waals surface area contributed by atoms with Crippen LogP contribution in [0.1, 0.15) is 19.2 Å². The van der Waals surface area contributed by atoms with Crippen LogP contribution in [0.25, 0.3) is 16.7 Å². The van der Waals surface area contributed by atoms with Gasteiger partial charge in [0.2, 0.25) is 5.91 Å². The molecule has 1 aromatic heterocycles. The van der Waals surface area contributed by atoms with Crippen LogP contribution in [-0.2, 0) is 11.2 Å². The Bertz CT molecular complexity index is 825. The van der Waals surface area contributed by atoms with Gasteiger partial charge in [-0.15, -0.1) is 0 Å². The lowest BCUT2D eigenvalue weighted by Gasteiger charge is -2.10. The number of carbonyl (C=O) groups excluding carboxylic acids is 1. The number of para-hydroxylation sites is 3. The van der Waals surface area contributed by atoms with Crippen LogP contribution in [0.5, 0.6) is 0 Å². The first-order valence-corrected chi connectivity index (χ1v) is 8.11. The molecule has 3 aromatic rings. The van der Waals surface area contributed by atoms with E-state index >= 15 is 0 Å². The Balaban J connectivity index is 1.86. The van der Waals surface area contributed by atoms with Crippen molar-refractivity contribution in [3.8, 4) is 5.69 Å². The summed E-state index contributed by atoms with van der Waals surface area (Å²) in [6.45, 7) is 1.92. The number of benzene rings is 2. The maximum atomic E-state index is 11.9. The zero-order valence-corrected chi connectivity index (χ0v) is 13.6. The fourth-order valence-corrected chi connectivity index (χ4v) is 2.68. The lowest BCUT2D eigenvalue weighted by atomic mass is 10.2. The Morgan fingerprint density at radius 3 is 2.62 bits per heavy atom. The number of carbonyl (C=O) groups is 1. The van der Waals surface area contributed by atoms with Crippen molar-refractivity contribution >= 4 is 16.9 Å². The molecule has 0 saturated carbocycles. The van der Waals surface area contributed by atoms with Gasteiger partial charge in [0.05, 0.1) is 17.1 Å². The van der Waals surface area contributed by atoms with Crippen molar-refractivity contribution < 1.29 is 9.90 Å². The molecule has 3 rings (SSSR count). The molecule has 0 radical (unpaired) electrons. The van der Waals surface area contributed by atoms with Crippen LogP contribution in [-0.4, -0.2) is 33.2 Å². The summed E-state index contributed by atoms with van der Waals surface area (Å²) in [5.41, 5.74) is 2.98. The van der Waals surface area contributed by atoms with E-state index in [1.54, 1.807) is 6.92 Å². The van der Waals surface area contributed by atoms with Crippen LogP contribution in [0.3, 0.4) is 0 Å². The summed E-state index contributed by atoms with van der Waals surface area (Å²) in [6, 6.07) is 18.0. The van der Waals surface area contributed by atoms with Gasteiger partial charge in [-0.3, -0.25) is 9.36 Å². The number of aliphatic hydroxyl groups is 1. The van der Waals surface area contributed by atoms with E-state index in [2.05, 4.69) is 14.9 Å². The molecule has 24 heavy (non-hydrogen) atoms. The molecule has 1 heterocycles. The van der Waals surface area contributed by atoms with Crippen LogP contribution >= 0.6 is 0 Å². The lowest BCUT2D eigenvalue weighted by Crippen LogP contribution is -2.30. The summed E-state index contributed by atoms with van der Waals surface area (Å²) in [7, 11) is 0. The molecule has 1 amide bonds. The molecule has 5 nitrogen and oxygen atoms in total. The second-order valence-corrected chi connectivity index (χ2v) is 5.84. The van der Waals surface area contributed by atoms with Crippen molar-refractivity contribution in [2.75, 3.05) is 6.54 Å². The third-order valence-corrected chi connectivity index (χ3v) is 3.81. The minimum atomic E-state index is -0.539. The van der Waals surface area contributed by atoms with Crippen LogP contribution in [0, 0.1) is 0 Å². The Morgan fingerprint density at radius 1 is 1.17 bits per heavy atom. The molecule has 5 heteroatoms. The molecule has 0 aliphatic rings. The van der Waals surface area contributed by atoms with Crippen LogP contribution < -0.4 is 5.32 Å². The minimum absolute atomic E-state index is 0.0810. The van der Waals surface area contributed by atoms with Crippen molar-refractivity contribution in [1.29, 1.82) is 0 Å². The van der Waals surface area contributed by atoms with E-state index < -0.39 is 6.10 Å². The molecule has 1 atom stereocenters. The number of hydrogen-bond donors (Lipinski definition) is 2. The van der Waals surface area contributed by atoms with Crippen molar-refractivity contribution in [2.24, 2.45) is 0 Å². The highest BCUT2D eigenvalue weighted by atomic mass is 16.3. The highest BCUT2D eigenvalue weighted by Gasteiger charge is 2.13. The summed E-state index contributed by atoms with van der Waals surface area (Å²) in [5.74, 6) is 0.775. The normalized spacial score (nSPS) is 12.2. The fourth-order valence-electron chi connectivity index (χ4n) is 2.68. The van der Waals surface area contributed by atoms with Gasteiger partial charge in [0.15, 0.2) is 0 Å². The van der Waals surface area contributed by atoms with Crippen molar-refractivity contribution in [3.05, 3.63) is 60.4 Å². The molecule has 2 aromatic carbocycles. The van der Waals surface area contributed by atoms with Gasteiger partial charge < -0.3 is 10.4 Å². The monoisotopic (exact) mass is 323 g/mol. The Labute approximate surface area is 141 Å². The van der Waals surface area contributed by atoms with E-state index in [9.17, 15) is 9.90 Å². The maximum Gasteiger partial charge on any atom is 0.220 e. The van der Waals surface area contributed by atoms with Crippen LogP contribution in [0.4, 0.5) is 0 Å². The molecule has 124 valence electrons. The van der Waals surface area contributed by atoms with Crippen LogP contribution in [0.15, 0.2) is 54.6 Å². The van der Waals surface area contributed by atoms with E-state index in [4.69, 9.17) is 0 Å². The van der Waals surface area contributed by atoms with E-state index in [0.717, 1.165) is 22.5 Å². The van der Waals surface area contributed by atoms with Gasteiger partial charge in [-0.25, -0.2) is 4.98 Å². The van der Waals surface area contributed by atoms with Crippen molar-refractivity contribution in [3.63, 3.8) is 0 Å². The number of imidazole rings is 1.